The number of fused-ring (bicyclic) bond motifs is 2. The maximum Gasteiger partial charge on any atom is 0.155 e. The highest BCUT2D eigenvalue weighted by Gasteiger charge is 2.10. The Kier molecular flexibility index (Phi) is 2.35. The van der Waals surface area contributed by atoms with Crippen molar-refractivity contribution in [1.82, 2.24) is 19.6 Å². The van der Waals surface area contributed by atoms with Crippen LogP contribution in [0, 0.1) is 6.92 Å². The van der Waals surface area contributed by atoms with Gasteiger partial charge in [0.25, 0.3) is 0 Å². The van der Waals surface area contributed by atoms with E-state index in [1.54, 1.807) is 0 Å². The van der Waals surface area contributed by atoms with Crippen molar-refractivity contribution in [3.8, 4) is 11.1 Å². The standard InChI is InChI=1S/C15H11ClN4/c1-9-7-20-8-11(5-13(16)15(20)18-9)12-4-2-3-10-6-17-19-14(10)12/h2-8H,1H3,(H,17,19). The van der Waals surface area contributed by atoms with Crippen LogP contribution in [0.25, 0.3) is 27.7 Å². The Morgan fingerprint density at radius 2 is 2.15 bits per heavy atom. The number of aryl methyl sites for hydroxylation is 1. The van der Waals surface area contributed by atoms with Crippen molar-refractivity contribution < 1.29 is 0 Å². The first-order valence-corrected chi connectivity index (χ1v) is 6.67. The van der Waals surface area contributed by atoms with E-state index in [-0.39, 0.29) is 0 Å². The van der Waals surface area contributed by atoms with Crippen LogP contribution in [0.1, 0.15) is 5.69 Å². The van der Waals surface area contributed by atoms with Gasteiger partial charge in [-0.1, -0.05) is 29.8 Å². The molecule has 0 atom stereocenters. The minimum absolute atomic E-state index is 0.645. The summed E-state index contributed by atoms with van der Waals surface area (Å²) in [6, 6.07) is 8.05. The molecule has 1 N–H and O–H groups in total. The summed E-state index contributed by atoms with van der Waals surface area (Å²) in [6.07, 6.45) is 5.83. The van der Waals surface area contributed by atoms with Gasteiger partial charge in [-0.25, -0.2) is 4.98 Å². The van der Waals surface area contributed by atoms with E-state index in [4.69, 9.17) is 11.6 Å². The fourth-order valence-corrected chi connectivity index (χ4v) is 2.79. The van der Waals surface area contributed by atoms with Gasteiger partial charge in [-0.3, -0.25) is 5.10 Å². The van der Waals surface area contributed by atoms with E-state index in [2.05, 4.69) is 21.2 Å². The molecule has 0 amide bonds. The topological polar surface area (TPSA) is 46.0 Å². The zero-order chi connectivity index (χ0) is 13.7. The number of imidazole rings is 1. The SMILES string of the molecule is Cc1cn2cc(-c3cccc4cn[nH]c34)cc(Cl)c2n1. The smallest absolute Gasteiger partial charge is 0.155 e. The first-order valence-electron chi connectivity index (χ1n) is 6.30. The fourth-order valence-electron chi connectivity index (χ4n) is 2.54. The summed E-state index contributed by atoms with van der Waals surface area (Å²) in [5, 5.41) is 8.87. The van der Waals surface area contributed by atoms with Crippen LogP contribution in [0.15, 0.2) is 42.9 Å². The number of rotatable bonds is 1. The normalized spacial score (nSPS) is 11.5. The molecule has 0 aliphatic heterocycles. The van der Waals surface area contributed by atoms with Crippen LogP contribution < -0.4 is 0 Å². The first kappa shape index (κ1) is 11.5. The van der Waals surface area contributed by atoms with E-state index in [9.17, 15) is 0 Å². The fraction of sp³-hybridized carbons (Fsp3) is 0.0667. The minimum atomic E-state index is 0.645. The van der Waals surface area contributed by atoms with Crippen LogP contribution in [0.2, 0.25) is 5.02 Å². The lowest BCUT2D eigenvalue weighted by Gasteiger charge is -2.05. The number of hydrogen-bond acceptors (Lipinski definition) is 2. The average molecular weight is 283 g/mol. The molecule has 1 aromatic carbocycles. The van der Waals surface area contributed by atoms with E-state index in [0.29, 0.717) is 5.02 Å². The predicted octanol–water partition coefficient (Wildman–Crippen LogP) is 3.84. The Morgan fingerprint density at radius 1 is 1.25 bits per heavy atom. The van der Waals surface area contributed by atoms with Gasteiger partial charge < -0.3 is 4.40 Å². The van der Waals surface area contributed by atoms with Crippen molar-refractivity contribution >= 4 is 28.2 Å². The molecule has 4 rings (SSSR count). The van der Waals surface area contributed by atoms with E-state index >= 15 is 0 Å². The highest BCUT2D eigenvalue weighted by molar-refractivity contribution is 6.33. The van der Waals surface area contributed by atoms with Crippen LogP contribution in [0.5, 0.6) is 0 Å². The van der Waals surface area contributed by atoms with Gasteiger partial charge in [-0.15, -0.1) is 0 Å². The Morgan fingerprint density at radius 3 is 3.05 bits per heavy atom. The van der Waals surface area contributed by atoms with Crippen LogP contribution in [-0.2, 0) is 0 Å². The molecule has 4 aromatic rings. The molecule has 0 unspecified atom stereocenters. The molecule has 3 heterocycles. The van der Waals surface area contributed by atoms with Gasteiger partial charge in [0, 0.05) is 28.9 Å². The Hall–Kier alpha value is -2.33. The molecule has 0 fully saturated rings. The minimum Gasteiger partial charge on any atom is -0.305 e. The predicted molar refractivity (Wildman–Crippen MR) is 80.0 cm³/mol. The lowest BCUT2D eigenvalue weighted by atomic mass is 10.1. The summed E-state index contributed by atoms with van der Waals surface area (Å²) >= 11 is 6.34. The van der Waals surface area contributed by atoms with E-state index in [1.807, 2.05) is 48.1 Å². The maximum atomic E-state index is 6.34. The highest BCUT2D eigenvalue weighted by atomic mass is 35.5. The summed E-state index contributed by atoms with van der Waals surface area (Å²) in [7, 11) is 0. The number of hydrogen-bond donors (Lipinski definition) is 1. The van der Waals surface area contributed by atoms with Crippen LogP contribution in [0.4, 0.5) is 0 Å². The van der Waals surface area contributed by atoms with E-state index in [1.165, 1.54) is 0 Å². The summed E-state index contributed by atoms with van der Waals surface area (Å²) < 4.78 is 1.96. The number of benzene rings is 1. The Balaban J connectivity index is 2.04. The van der Waals surface area contributed by atoms with Crippen LogP contribution >= 0.6 is 11.6 Å². The molecule has 98 valence electrons. The van der Waals surface area contributed by atoms with Crippen LogP contribution in [-0.4, -0.2) is 19.6 Å². The number of H-pyrrole nitrogens is 1. The number of halogens is 1. The number of para-hydroxylation sites is 1. The third-order valence-corrected chi connectivity index (χ3v) is 3.69. The number of aromatic amines is 1. The van der Waals surface area contributed by atoms with Crippen LogP contribution in [0.3, 0.4) is 0 Å². The molecule has 0 aliphatic carbocycles. The molecule has 0 radical (unpaired) electrons. The van der Waals surface area contributed by atoms with Gasteiger partial charge in [0.2, 0.25) is 0 Å². The van der Waals surface area contributed by atoms with Gasteiger partial charge in [0.05, 0.1) is 22.4 Å². The largest absolute Gasteiger partial charge is 0.305 e. The molecule has 0 bridgehead atoms. The average Bonchev–Trinajstić information content (AvgIpc) is 3.03. The van der Waals surface area contributed by atoms with Gasteiger partial charge in [-0.2, -0.15) is 5.10 Å². The Bertz CT molecular complexity index is 936. The molecular weight excluding hydrogens is 272 g/mol. The summed E-state index contributed by atoms with van der Waals surface area (Å²) in [5.74, 6) is 0. The maximum absolute atomic E-state index is 6.34. The van der Waals surface area contributed by atoms with E-state index < -0.39 is 0 Å². The molecule has 5 heteroatoms. The number of aromatic nitrogens is 4. The second-order valence-corrected chi connectivity index (χ2v) is 5.24. The Labute approximate surface area is 120 Å². The lowest BCUT2D eigenvalue weighted by Crippen LogP contribution is -1.88. The van der Waals surface area contributed by atoms with Crippen molar-refractivity contribution in [2.24, 2.45) is 0 Å². The van der Waals surface area contributed by atoms with Crippen molar-refractivity contribution in [1.29, 1.82) is 0 Å². The monoisotopic (exact) mass is 282 g/mol. The number of pyridine rings is 1. The van der Waals surface area contributed by atoms with Crippen molar-refractivity contribution in [2.45, 2.75) is 6.92 Å². The zero-order valence-electron chi connectivity index (χ0n) is 10.8. The highest BCUT2D eigenvalue weighted by Crippen LogP contribution is 2.30. The molecule has 0 saturated carbocycles. The summed E-state index contributed by atoms with van der Waals surface area (Å²) in [4.78, 5) is 4.41. The molecule has 4 nitrogen and oxygen atoms in total. The van der Waals surface area contributed by atoms with Crippen molar-refractivity contribution in [3.63, 3.8) is 0 Å². The lowest BCUT2D eigenvalue weighted by molar-refractivity contribution is 1.12. The quantitative estimate of drug-likeness (QED) is 0.576. The summed E-state index contributed by atoms with van der Waals surface area (Å²) in [5.41, 5.74) is 4.86. The van der Waals surface area contributed by atoms with Gasteiger partial charge >= 0.3 is 0 Å². The molecule has 20 heavy (non-hydrogen) atoms. The molecule has 3 aromatic heterocycles. The first-order chi connectivity index (χ1) is 9.72. The summed E-state index contributed by atoms with van der Waals surface area (Å²) in [6.45, 7) is 1.96. The second-order valence-electron chi connectivity index (χ2n) is 4.83. The third-order valence-electron chi connectivity index (χ3n) is 3.41. The molecule has 0 aliphatic rings. The number of nitrogens with one attached hydrogen (secondary N) is 1. The van der Waals surface area contributed by atoms with Crippen molar-refractivity contribution in [2.75, 3.05) is 0 Å². The van der Waals surface area contributed by atoms with Crippen molar-refractivity contribution in [3.05, 3.63) is 53.6 Å². The second kappa shape index (κ2) is 4.08. The van der Waals surface area contributed by atoms with Gasteiger partial charge in [0.1, 0.15) is 0 Å². The van der Waals surface area contributed by atoms with E-state index in [0.717, 1.165) is 33.4 Å². The number of nitrogens with zero attached hydrogens (tertiary/aromatic N) is 3. The van der Waals surface area contributed by atoms with Gasteiger partial charge in [-0.05, 0) is 13.0 Å². The molecule has 0 spiro atoms. The zero-order valence-corrected chi connectivity index (χ0v) is 11.5. The molecule has 0 saturated heterocycles. The third kappa shape index (κ3) is 1.62. The van der Waals surface area contributed by atoms with Gasteiger partial charge in [0.15, 0.2) is 5.65 Å². The molecular formula is C15H11ClN4.